The molecule has 1 saturated heterocycles. The van der Waals surface area contributed by atoms with E-state index in [1.807, 2.05) is 0 Å². The van der Waals surface area contributed by atoms with Gasteiger partial charge in [-0.2, -0.15) is 0 Å². The van der Waals surface area contributed by atoms with E-state index in [9.17, 15) is 9.59 Å². The molecule has 7 nitrogen and oxygen atoms in total. The number of methoxy groups -OCH3 is 2. The predicted octanol–water partition coefficient (Wildman–Crippen LogP) is 1.41. The van der Waals surface area contributed by atoms with Crippen molar-refractivity contribution >= 4 is 12.1 Å². The Morgan fingerprint density at radius 2 is 1.90 bits per heavy atom. The highest BCUT2D eigenvalue weighted by Crippen LogP contribution is 2.26. The first-order chi connectivity index (χ1) is 9.78. The minimum absolute atomic E-state index is 0.0526. The number of carbonyl (C=O) groups is 2. The molecule has 122 valence electrons. The molecule has 0 aromatic heterocycles. The summed E-state index contributed by atoms with van der Waals surface area (Å²) in [5, 5.41) is 0. The maximum atomic E-state index is 12.2. The van der Waals surface area contributed by atoms with E-state index in [0.29, 0.717) is 19.6 Å². The molecular weight excluding hydrogens is 278 g/mol. The third-order valence-corrected chi connectivity index (χ3v) is 3.04. The molecular formula is C14H25NO6. The normalized spacial score (nSPS) is 22.2. The molecule has 21 heavy (non-hydrogen) atoms. The molecule has 0 aliphatic carbocycles. The van der Waals surface area contributed by atoms with Gasteiger partial charge in [0.15, 0.2) is 0 Å². The molecule has 0 spiro atoms. The number of carbonyl (C=O) groups excluding carboxylic acids is 2. The van der Waals surface area contributed by atoms with Crippen LogP contribution in [0.4, 0.5) is 4.79 Å². The summed E-state index contributed by atoms with van der Waals surface area (Å²) in [4.78, 5) is 25.4. The highest BCUT2D eigenvalue weighted by Gasteiger charge is 2.42. The van der Waals surface area contributed by atoms with Crippen LogP contribution in [0.3, 0.4) is 0 Å². The number of ether oxygens (including phenoxy) is 4. The van der Waals surface area contributed by atoms with Gasteiger partial charge in [0.05, 0.1) is 13.7 Å². The van der Waals surface area contributed by atoms with Gasteiger partial charge in [-0.05, 0) is 27.2 Å². The molecule has 0 aromatic rings. The second-order valence-electron chi connectivity index (χ2n) is 6.05. The zero-order valence-electron chi connectivity index (χ0n) is 13.4. The Labute approximate surface area is 125 Å². The fourth-order valence-electron chi connectivity index (χ4n) is 2.22. The Hall–Kier alpha value is -1.34. The van der Waals surface area contributed by atoms with Crippen LogP contribution in [0.2, 0.25) is 0 Å². The van der Waals surface area contributed by atoms with Crippen molar-refractivity contribution in [1.82, 2.24) is 4.90 Å². The Kier molecular flexibility index (Phi) is 6.42. The van der Waals surface area contributed by atoms with E-state index in [2.05, 4.69) is 0 Å². The van der Waals surface area contributed by atoms with Crippen LogP contribution >= 0.6 is 0 Å². The van der Waals surface area contributed by atoms with Crippen molar-refractivity contribution in [3.63, 3.8) is 0 Å². The number of hydrogen-bond acceptors (Lipinski definition) is 6. The van der Waals surface area contributed by atoms with Gasteiger partial charge in [0.1, 0.15) is 18.4 Å². The van der Waals surface area contributed by atoms with Gasteiger partial charge in [-0.15, -0.1) is 0 Å². The molecule has 7 heteroatoms. The molecule has 0 bridgehead atoms. The maximum absolute atomic E-state index is 12.2. The van der Waals surface area contributed by atoms with E-state index in [-0.39, 0.29) is 12.7 Å². The number of esters is 1. The summed E-state index contributed by atoms with van der Waals surface area (Å²) in [6.07, 6.45) is -0.0116. The van der Waals surface area contributed by atoms with Gasteiger partial charge in [0.2, 0.25) is 0 Å². The number of rotatable bonds is 5. The maximum Gasteiger partial charge on any atom is 0.411 e. The van der Waals surface area contributed by atoms with E-state index < -0.39 is 23.7 Å². The van der Waals surface area contributed by atoms with E-state index in [4.69, 9.17) is 18.9 Å². The first kappa shape index (κ1) is 17.7. The first-order valence-electron chi connectivity index (χ1n) is 6.92. The number of hydrogen-bond donors (Lipinski definition) is 0. The lowest BCUT2D eigenvalue weighted by atomic mass is 10.1. The van der Waals surface area contributed by atoms with Crippen molar-refractivity contribution in [2.45, 2.75) is 38.8 Å². The Morgan fingerprint density at radius 3 is 2.43 bits per heavy atom. The standard InChI is InChI=1S/C14H25NO6/c1-14(2,3)21-13(17)15-7-10(8-20-9-18-4)6-11(15)12(16)19-5/h10-11H,6-9H2,1-5H3/t10-,11-/m0/s1. The summed E-state index contributed by atoms with van der Waals surface area (Å²) < 4.78 is 20.2. The van der Waals surface area contributed by atoms with Gasteiger partial charge >= 0.3 is 12.1 Å². The van der Waals surface area contributed by atoms with Crippen LogP contribution in [0, 0.1) is 5.92 Å². The molecule has 0 saturated carbocycles. The summed E-state index contributed by atoms with van der Waals surface area (Å²) in [7, 11) is 2.85. The minimum atomic E-state index is -0.624. The van der Waals surface area contributed by atoms with Crippen molar-refractivity contribution in [2.75, 3.05) is 34.2 Å². The molecule has 1 amide bonds. The third kappa shape index (κ3) is 5.51. The summed E-state index contributed by atoms with van der Waals surface area (Å²) in [5.41, 5.74) is -0.609. The molecule has 0 unspecified atom stereocenters. The largest absolute Gasteiger partial charge is 0.467 e. The predicted molar refractivity (Wildman–Crippen MR) is 74.7 cm³/mol. The first-order valence-corrected chi connectivity index (χ1v) is 6.92. The quantitative estimate of drug-likeness (QED) is 0.434. The molecule has 1 heterocycles. The summed E-state index contributed by atoms with van der Waals surface area (Å²) in [6, 6.07) is -0.624. The fraction of sp³-hybridized carbons (Fsp3) is 0.857. The number of nitrogens with zero attached hydrogens (tertiary/aromatic N) is 1. The van der Waals surface area contributed by atoms with Crippen molar-refractivity contribution in [3.05, 3.63) is 0 Å². The SMILES string of the molecule is COCOC[C@H]1C[C@@H](C(=O)OC)N(C(=O)OC(C)(C)C)C1. The smallest absolute Gasteiger partial charge is 0.411 e. The lowest BCUT2D eigenvalue weighted by molar-refractivity contribution is -0.145. The van der Waals surface area contributed by atoms with Crippen LogP contribution in [-0.4, -0.2) is 62.8 Å². The van der Waals surface area contributed by atoms with Gasteiger partial charge in [-0.25, -0.2) is 9.59 Å². The van der Waals surface area contributed by atoms with E-state index >= 15 is 0 Å². The molecule has 0 N–H and O–H groups in total. The van der Waals surface area contributed by atoms with Crippen molar-refractivity contribution in [2.24, 2.45) is 5.92 Å². The molecule has 1 aliphatic heterocycles. The van der Waals surface area contributed by atoms with Crippen LogP contribution in [0.15, 0.2) is 0 Å². The van der Waals surface area contributed by atoms with Crippen LogP contribution in [0.1, 0.15) is 27.2 Å². The Balaban J connectivity index is 2.69. The van der Waals surface area contributed by atoms with E-state index in [0.717, 1.165) is 0 Å². The van der Waals surface area contributed by atoms with E-state index in [1.165, 1.54) is 12.0 Å². The summed E-state index contributed by atoms with van der Waals surface area (Å²) in [5.74, 6) is -0.383. The highest BCUT2D eigenvalue weighted by molar-refractivity contribution is 5.82. The van der Waals surface area contributed by atoms with Crippen LogP contribution < -0.4 is 0 Å². The Morgan fingerprint density at radius 1 is 1.24 bits per heavy atom. The average molecular weight is 303 g/mol. The van der Waals surface area contributed by atoms with Crippen molar-refractivity contribution < 1.29 is 28.5 Å². The van der Waals surface area contributed by atoms with Gasteiger partial charge in [-0.1, -0.05) is 0 Å². The summed E-state index contributed by atoms with van der Waals surface area (Å²) in [6.45, 7) is 6.36. The molecule has 1 aliphatic rings. The second-order valence-corrected chi connectivity index (χ2v) is 6.05. The number of amides is 1. The van der Waals surface area contributed by atoms with Gasteiger partial charge < -0.3 is 18.9 Å². The lowest BCUT2D eigenvalue weighted by Crippen LogP contribution is -2.43. The zero-order valence-corrected chi connectivity index (χ0v) is 13.4. The molecule has 0 aromatic carbocycles. The summed E-state index contributed by atoms with van der Waals surface area (Å²) >= 11 is 0. The van der Waals surface area contributed by atoms with Gasteiger partial charge in [0, 0.05) is 19.6 Å². The van der Waals surface area contributed by atoms with Crippen molar-refractivity contribution in [1.29, 1.82) is 0 Å². The highest BCUT2D eigenvalue weighted by atomic mass is 16.7. The Bertz CT molecular complexity index is 365. The molecule has 1 rings (SSSR count). The monoisotopic (exact) mass is 303 g/mol. The van der Waals surface area contributed by atoms with Gasteiger partial charge in [0.25, 0.3) is 0 Å². The van der Waals surface area contributed by atoms with Crippen LogP contribution in [0.5, 0.6) is 0 Å². The van der Waals surface area contributed by atoms with E-state index in [1.54, 1.807) is 27.9 Å². The van der Waals surface area contributed by atoms with Crippen molar-refractivity contribution in [3.8, 4) is 0 Å². The number of likely N-dealkylation sites (tertiary alicyclic amines) is 1. The molecule has 0 radical (unpaired) electrons. The third-order valence-electron chi connectivity index (χ3n) is 3.04. The zero-order chi connectivity index (χ0) is 16.0. The van der Waals surface area contributed by atoms with Gasteiger partial charge in [-0.3, -0.25) is 4.90 Å². The molecule has 2 atom stereocenters. The average Bonchev–Trinajstić information content (AvgIpc) is 2.80. The lowest BCUT2D eigenvalue weighted by Gasteiger charge is -2.27. The topological polar surface area (TPSA) is 74.3 Å². The van der Waals surface area contributed by atoms with Crippen LogP contribution in [-0.2, 0) is 23.7 Å². The fourth-order valence-corrected chi connectivity index (χ4v) is 2.22. The van der Waals surface area contributed by atoms with Crippen LogP contribution in [0.25, 0.3) is 0 Å². The minimum Gasteiger partial charge on any atom is -0.467 e. The molecule has 1 fully saturated rings. The second kappa shape index (κ2) is 7.61.